The lowest BCUT2D eigenvalue weighted by Crippen LogP contribution is -2.59. The summed E-state index contributed by atoms with van der Waals surface area (Å²) in [5.74, 6) is 0.820. The standard InChI is InChI=1S/C22H32N2O4S/c1-4-29(26,27)18-13-17(20-16(14(18)2)7-6-12-28-20)21(25)24-22(3,15-9-10-15)19-8-5-11-23-19/h13,15,19,23H,4-12H2,1-3H3,(H,24,25). The highest BCUT2D eigenvalue weighted by molar-refractivity contribution is 7.91. The van der Waals surface area contributed by atoms with Gasteiger partial charge in [-0.2, -0.15) is 0 Å². The van der Waals surface area contributed by atoms with Crippen LogP contribution in [-0.2, 0) is 16.3 Å². The predicted molar refractivity (Wildman–Crippen MR) is 112 cm³/mol. The Bertz CT molecular complexity index is 917. The second-order valence-electron chi connectivity index (χ2n) is 8.87. The molecule has 2 unspecified atom stereocenters. The zero-order valence-corrected chi connectivity index (χ0v) is 18.5. The summed E-state index contributed by atoms with van der Waals surface area (Å²) in [7, 11) is -3.43. The molecule has 3 aliphatic rings. The number of hydrogen-bond acceptors (Lipinski definition) is 5. The summed E-state index contributed by atoms with van der Waals surface area (Å²) < 4.78 is 31.3. The molecule has 1 saturated heterocycles. The fourth-order valence-electron chi connectivity index (χ4n) is 4.99. The highest BCUT2D eigenvalue weighted by Crippen LogP contribution is 2.44. The molecule has 2 fully saturated rings. The van der Waals surface area contributed by atoms with Crippen molar-refractivity contribution in [2.75, 3.05) is 18.9 Å². The van der Waals surface area contributed by atoms with Gasteiger partial charge in [-0.05, 0) is 82.0 Å². The Hall–Kier alpha value is -1.60. The molecule has 0 spiro atoms. The van der Waals surface area contributed by atoms with E-state index in [0.717, 1.165) is 56.2 Å². The zero-order valence-electron chi connectivity index (χ0n) is 17.6. The van der Waals surface area contributed by atoms with Gasteiger partial charge in [-0.3, -0.25) is 4.79 Å². The average molecular weight is 421 g/mol. The summed E-state index contributed by atoms with van der Waals surface area (Å²) in [4.78, 5) is 13.8. The maximum Gasteiger partial charge on any atom is 0.255 e. The number of benzene rings is 1. The number of carbonyl (C=O) groups is 1. The second-order valence-corrected chi connectivity index (χ2v) is 11.1. The average Bonchev–Trinajstić information content (AvgIpc) is 3.42. The van der Waals surface area contributed by atoms with E-state index in [0.29, 0.717) is 23.8 Å². The monoisotopic (exact) mass is 420 g/mol. The summed E-state index contributed by atoms with van der Waals surface area (Å²) in [6, 6.07) is 1.79. The number of ether oxygens (including phenoxy) is 1. The van der Waals surface area contributed by atoms with E-state index in [1.165, 1.54) is 0 Å². The van der Waals surface area contributed by atoms with E-state index < -0.39 is 9.84 Å². The van der Waals surface area contributed by atoms with Crippen LogP contribution in [0.25, 0.3) is 0 Å². The van der Waals surface area contributed by atoms with Crippen LogP contribution in [0.3, 0.4) is 0 Å². The van der Waals surface area contributed by atoms with Crippen LogP contribution in [0.15, 0.2) is 11.0 Å². The van der Waals surface area contributed by atoms with Gasteiger partial charge in [0.05, 0.1) is 28.4 Å². The van der Waals surface area contributed by atoms with Crippen LogP contribution in [0.4, 0.5) is 0 Å². The molecule has 4 rings (SSSR count). The van der Waals surface area contributed by atoms with Gasteiger partial charge in [0.1, 0.15) is 5.75 Å². The predicted octanol–water partition coefficient (Wildman–Crippen LogP) is 2.76. The van der Waals surface area contributed by atoms with Gasteiger partial charge in [0.15, 0.2) is 9.84 Å². The zero-order chi connectivity index (χ0) is 20.8. The molecule has 1 aromatic rings. The van der Waals surface area contributed by atoms with E-state index in [1.807, 2.05) is 6.92 Å². The van der Waals surface area contributed by atoms with Crippen molar-refractivity contribution in [3.05, 3.63) is 22.8 Å². The molecule has 2 heterocycles. The maximum absolute atomic E-state index is 13.5. The molecule has 7 heteroatoms. The van der Waals surface area contributed by atoms with Gasteiger partial charge in [-0.1, -0.05) is 6.92 Å². The summed E-state index contributed by atoms with van der Waals surface area (Å²) in [5, 5.41) is 6.85. The lowest BCUT2D eigenvalue weighted by molar-refractivity contribution is 0.0863. The lowest BCUT2D eigenvalue weighted by Gasteiger charge is -2.37. The molecule has 1 aromatic carbocycles. The van der Waals surface area contributed by atoms with E-state index in [1.54, 1.807) is 13.0 Å². The number of rotatable bonds is 6. The molecule has 0 bridgehead atoms. The van der Waals surface area contributed by atoms with Crippen molar-refractivity contribution in [1.29, 1.82) is 0 Å². The fourth-order valence-corrected chi connectivity index (χ4v) is 6.19. The van der Waals surface area contributed by atoms with Gasteiger partial charge in [0.2, 0.25) is 0 Å². The Balaban J connectivity index is 1.75. The summed E-state index contributed by atoms with van der Waals surface area (Å²) in [6.45, 7) is 7.13. The Morgan fingerprint density at radius 2 is 2.07 bits per heavy atom. The fraction of sp³-hybridized carbons (Fsp3) is 0.682. The van der Waals surface area contributed by atoms with Crippen molar-refractivity contribution in [2.24, 2.45) is 5.92 Å². The van der Waals surface area contributed by atoms with Crippen molar-refractivity contribution in [1.82, 2.24) is 10.6 Å². The minimum atomic E-state index is -3.43. The van der Waals surface area contributed by atoms with Crippen molar-refractivity contribution in [3.63, 3.8) is 0 Å². The van der Waals surface area contributed by atoms with E-state index in [4.69, 9.17) is 4.74 Å². The molecule has 2 atom stereocenters. The molecule has 1 saturated carbocycles. The van der Waals surface area contributed by atoms with E-state index in [2.05, 4.69) is 17.6 Å². The largest absolute Gasteiger partial charge is 0.492 e. The van der Waals surface area contributed by atoms with Gasteiger partial charge in [0, 0.05) is 6.04 Å². The molecule has 160 valence electrons. The van der Waals surface area contributed by atoms with Crippen LogP contribution < -0.4 is 15.4 Å². The number of fused-ring (bicyclic) bond motifs is 1. The minimum Gasteiger partial charge on any atom is -0.492 e. The van der Waals surface area contributed by atoms with Gasteiger partial charge in [0.25, 0.3) is 5.91 Å². The minimum absolute atomic E-state index is 0.0142. The Kier molecular flexibility index (Phi) is 5.40. The third kappa shape index (κ3) is 3.67. The number of carbonyl (C=O) groups excluding carboxylic acids is 1. The molecule has 1 amide bonds. The number of sulfone groups is 1. The van der Waals surface area contributed by atoms with Gasteiger partial charge in [-0.25, -0.2) is 8.42 Å². The van der Waals surface area contributed by atoms with Gasteiger partial charge >= 0.3 is 0 Å². The first-order valence-corrected chi connectivity index (χ1v) is 12.5. The molecule has 6 nitrogen and oxygen atoms in total. The van der Waals surface area contributed by atoms with Gasteiger partial charge < -0.3 is 15.4 Å². The summed E-state index contributed by atoms with van der Waals surface area (Å²) >= 11 is 0. The summed E-state index contributed by atoms with van der Waals surface area (Å²) in [6.07, 6.45) is 5.96. The van der Waals surface area contributed by atoms with Crippen molar-refractivity contribution in [2.45, 2.75) is 75.8 Å². The first kappa shape index (κ1) is 20.7. The van der Waals surface area contributed by atoms with Crippen LogP contribution in [0.1, 0.15) is 67.4 Å². The van der Waals surface area contributed by atoms with E-state index in [-0.39, 0.29) is 28.1 Å². The highest BCUT2D eigenvalue weighted by atomic mass is 32.2. The molecule has 29 heavy (non-hydrogen) atoms. The number of nitrogens with one attached hydrogen (secondary N) is 2. The lowest BCUT2D eigenvalue weighted by atomic mass is 9.85. The maximum atomic E-state index is 13.5. The highest BCUT2D eigenvalue weighted by Gasteiger charge is 2.49. The topological polar surface area (TPSA) is 84.5 Å². The number of hydrogen-bond donors (Lipinski definition) is 2. The second kappa shape index (κ2) is 7.58. The molecule has 2 aliphatic heterocycles. The quantitative estimate of drug-likeness (QED) is 0.739. The summed E-state index contributed by atoms with van der Waals surface area (Å²) in [5.41, 5.74) is 1.62. The Labute approximate surface area is 173 Å². The van der Waals surface area contributed by atoms with E-state index >= 15 is 0 Å². The third-order valence-electron chi connectivity index (χ3n) is 6.99. The molecular weight excluding hydrogens is 388 g/mol. The van der Waals surface area contributed by atoms with Crippen LogP contribution in [0.5, 0.6) is 5.75 Å². The van der Waals surface area contributed by atoms with Gasteiger partial charge in [-0.15, -0.1) is 0 Å². The molecule has 2 N–H and O–H groups in total. The Morgan fingerprint density at radius 3 is 2.69 bits per heavy atom. The molecule has 0 radical (unpaired) electrons. The Morgan fingerprint density at radius 1 is 1.31 bits per heavy atom. The van der Waals surface area contributed by atoms with E-state index in [9.17, 15) is 13.2 Å². The third-order valence-corrected chi connectivity index (χ3v) is 8.84. The van der Waals surface area contributed by atoms with Crippen LogP contribution >= 0.6 is 0 Å². The SMILES string of the molecule is CCS(=O)(=O)c1cc(C(=O)NC(C)(C2CC2)C2CCCN2)c2c(c1C)CCCO2. The normalized spacial score (nSPS) is 23.8. The molecule has 0 aromatic heterocycles. The first-order chi connectivity index (χ1) is 13.8. The first-order valence-electron chi connectivity index (χ1n) is 10.9. The number of amides is 1. The van der Waals surface area contributed by atoms with Crippen LogP contribution in [-0.4, -0.2) is 44.8 Å². The van der Waals surface area contributed by atoms with Crippen molar-refractivity contribution in [3.8, 4) is 5.75 Å². The molecular formula is C22H32N2O4S. The smallest absolute Gasteiger partial charge is 0.255 e. The van der Waals surface area contributed by atoms with Crippen molar-refractivity contribution >= 4 is 15.7 Å². The van der Waals surface area contributed by atoms with Crippen LogP contribution in [0.2, 0.25) is 0 Å². The van der Waals surface area contributed by atoms with Crippen LogP contribution in [0, 0.1) is 12.8 Å². The molecule has 1 aliphatic carbocycles. The van der Waals surface area contributed by atoms with Crippen molar-refractivity contribution < 1.29 is 17.9 Å².